The first-order valence-corrected chi connectivity index (χ1v) is 7.86. The van der Waals surface area contributed by atoms with Crippen LogP contribution >= 0.6 is 0 Å². The van der Waals surface area contributed by atoms with Crippen LogP contribution in [0.15, 0.2) is 23.1 Å². The van der Waals surface area contributed by atoms with Crippen LogP contribution in [0.3, 0.4) is 0 Å². The highest BCUT2D eigenvalue weighted by Gasteiger charge is 2.25. The van der Waals surface area contributed by atoms with Gasteiger partial charge < -0.3 is 10.8 Å². The van der Waals surface area contributed by atoms with Gasteiger partial charge in [0.1, 0.15) is 4.90 Å². The van der Waals surface area contributed by atoms with Crippen molar-refractivity contribution in [2.75, 3.05) is 25.9 Å². The maximum absolute atomic E-state index is 12.4. The molecule has 0 amide bonds. The zero-order valence-electron chi connectivity index (χ0n) is 11.7. The number of nitrogen functional groups attached to an aromatic ring is 1. The summed E-state index contributed by atoms with van der Waals surface area (Å²) in [6, 6.07) is 3.34. The number of hydrogen-bond donors (Lipinski definition) is 2. The lowest BCUT2D eigenvalue weighted by Crippen LogP contribution is -2.28. The number of unbranched alkanes of at least 4 members (excludes halogenated alkanes) is 2. The van der Waals surface area contributed by atoms with Gasteiger partial charge in [0.25, 0.3) is 5.69 Å². The molecule has 0 unspecified atom stereocenters. The topological polar surface area (TPSA) is 127 Å². The summed E-state index contributed by atoms with van der Waals surface area (Å²) in [6.07, 6.45) is 1.89. The van der Waals surface area contributed by atoms with Crippen molar-refractivity contribution in [3.05, 3.63) is 28.3 Å². The maximum atomic E-state index is 12.4. The maximum Gasteiger partial charge on any atom is 0.270 e. The number of hydrogen-bond acceptors (Lipinski definition) is 6. The predicted molar refractivity (Wildman–Crippen MR) is 78.3 cm³/mol. The standard InChI is InChI=1S/C12H19N3O5S/c1-14(7-3-2-4-8-16)21(19,20)12-9-10(15(17)18)5-6-11(12)13/h5-6,9,16H,2-4,7-8,13H2,1H3. The van der Waals surface area contributed by atoms with Gasteiger partial charge in [-0.2, -0.15) is 0 Å². The molecule has 21 heavy (non-hydrogen) atoms. The summed E-state index contributed by atoms with van der Waals surface area (Å²) < 4.78 is 25.8. The Morgan fingerprint density at radius 1 is 1.33 bits per heavy atom. The van der Waals surface area contributed by atoms with Crippen LogP contribution < -0.4 is 5.73 Å². The fourth-order valence-corrected chi connectivity index (χ4v) is 3.11. The predicted octanol–water partition coefficient (Wildman–Crippen LogP) is 0.960. The van der Waals surface area contributed by atoms with Crippen molar-refractivity contribution >= 4 is 21.4 Å². The van der Waals surface area contributed by atoms with Crippen molar-refractivity contribution in [2.24, 2.45) is 0 Å². The van der Waals surface area contributed by atoms with Crippen molar-refractivity contribution < 1.29 is 18.4 Å². The first kappa shape index (κ1) is 17.3. The van der Waals surface area contributed by atoms with Gasteiger partial charge in [0, 0.05) is 32.3 Å². The monoisotopic (exact) mass is 317 g/mol. The summed E-state index contributed by atoms with van der Waals surface area (Å²) in [4.78, 5) is 9.81. The molecule has 0 aliphatic carbocycles. The zero-order valence-corrected chi connectivity index (χ0v) is 12.5. The third-order valence-electron chi connectivity index (χ3n) is 3.03. The summed E-state index contributed by atoms with van der Waals surface area (Å²) in [5.74, 6) is 0. The summed E-state index contributed by atoms with van der Waals surface area (Å²) in [5.41, 5.74) is 5.28. The summed E-state index contributed by atoms with van der Waals surface area (Å²) in [7, 11) is -2.48. The molecular weight excluding hydrogens is 298 g/mol. The molecule has 8 nitrogen and oxygen atoms in total. The number of nitrogens with two attached hydrogens (primary N) is 1. The second-order valence-electron chi connectivity index (χ2n) is 4.59. The van der Waals surface area contributed by atoms with Gasteiger partial charge in [-0.1, -0.05) is 0 Å². The van der Waals surface area contributed by atoms with Crippen LogP contribution in [0.4, 0.5) is 11.4 Å². The first-order valence-electron chi connectivity index (χ1n) is 6.42. The van der Waals surface area contributed by atoms with Gasteiger partial charge >= 0.3 is 0 Å². The number of nitro benzene ring substituents is 1. The summed E-state index contributed by atoms with van der Waals surface area (Å²) in [5, 5.41) is 19.4. The first-order chi connectivity index (χ1) is 9.80. The molecule has 0 fully saturated rings. The number of nitro groups is 1. The third kappa shape index (κ3) is 4.38. The van der Waals surface area contributed by atoms with Crippen LogP contribution in [-0.4, -0.2) is 43.0 Å². The molecule has 0 aliphatic heterocycles. The van der Waals surface area contributed by atoms with Gasteiger partial charge in [0.15, 0.2) is 0 Å². The van der Waals surface area contributed by atoms with Gasteiger partial charge in [-0.05, 0) is 25.3 Å². The van der Waals surface area contributed by atoms with E-state index in [1.54, 1.807) is 0 Å². The Morgan fingerprint density at radius 2 is 2.00 bits per heavy atom. The van der Waals surface area contributed by atoms with Crippen LogP contribution in [0.2, 0.25) is 0 Å². The van der Waals surface area contributed by atoms with E-state index in [-0.39, 0.29) is 29.4 Å². The number of rotatable bonds is 8. The molecule has 0 heterocycles. The average Bonchev–Trinajstić information content (AvgIpc) is 2.43. The van der Waals surface area contributed by atoms with Gasteiger partial charge in [-0.15, -0.1) is 0 Å². The molecule has 9 heteroatoms. The lowest BCUT2D eigenvalue weighted by molar-refractivity contribution is -0.385. The molecule has 0 saturated carbocycles. The molecule has 0 bridgehead atoms. The van der Waals surface area contributed by atoms with E-state index in [1.165, 1.54) is 13.1 Å². The van der Waals surface area contributed by atoms with Crippen LogP contribution in [-0.2, 0) is 10.0 Å². The average molecular weight is 317 g/mol. The van der Waals surface area contributed by atoms with Crippen LogP contribution in [0.1, 0.15) is 19.3 Å². The Hall–Kier alpha value is -1.71. The van der Waals surface area contributed by atoms with Crippen molar-refractivity contribution in [3.8, 4) is 0 Å². The third-order valence-corrected chi connectivity index (χ3v) is 4.94. The van der Waals surface area contributed by atoms with Crippen molar-refractivity contribution in [1.82, 2.24) is 4.31 Å². The van der Waals surface area contributed by atoms with Gasteiger partial charge in [0.05, 0.1) is 10.6 Å². The van der Waals surface area contributed by atoms with E-state index >= 15 is 0 Å². The minimum Gasteiger partial charge on any atom is -0.398 e. The number of benzene rings is 1. The highest BCUT2D eigenvalue weighted by atomic mass is 32.2. The van der Waals surface area contributed by atoms with Crippen molar-refractivity contribution in [2.45, 2.75) is 24.2 Å². The van der Waals surface area contributed by atoms with E-state index in [4.69, 9.17) is 10.8 Å². The SMILES string of the molecule is CN(CCCCCO)S(=O)(=O)c1cc([N+](=O)[O-])ccc1N. The summed E-state index contributed by atoms with van der Waals surface area (Å²) in [6.45, 7) is 0.318. The fourth-order valence-electron chi connectivity index (χ4n) is 1.77. The normalized spacial score (nSPS) is 11.8. The van der Waals surface area contributed by atoms with E-state index in [9.17, 15) is 18.5 Å². The van der Waals surface area contributed by atoms with E-state index in [1.807, 2.05) is 0 Å². The van der Waals surface area contributed by atoms with Crippen molar-refractivity contribution in [3.63, 3.8) is 0 Å². The molecule has 0 saturated heterocycles. The summed E-state index contributed by atoms with van der Waals surface area (Å²) >= 11 is 0. The molecule has 0 aliphatic rings. The van der Waals surface area contributed by atoms with Crippen molar-refractivity contribution in [1.29, 1.82) is 0 Å². The largest absolute Gasteiger partial charge is 0.398 e. The lowest BCUT2D eigenvalue weighted by atomic mass is 10.2. The highest BCUT2D eigenvalue weighted by molar-refractivity contribution is 7.89. The Kier molecular flexibility index (Phi) is 6.06. The number of anilines is 1. The molecule has 118 valence electrons. The molecule has 0 atom stereocenters. The number of non-ortho nitro benzene ring substituents is 1. The van der Waals surface area contributed by atoms with Crippen LogP contribution in [0.5, 0.6) is 0 Å². The number of aliphatic hydroxyl groups is 1. The quantitative estimate of drug-likeness (QED) is 0.318. The van der Waals surface area contributed by atoms with Gasteiger partial charge in [-0.3, -0.25) is 10.1 Å². The van der Waals surface area contributed by atoms with Crippen LogP contribution in [0, 0.1) is 10.1 Å². The number of nitrogens with zero attached hydrogens (tertiary/aromatic N) is 2. The fraction of sp³-hybridized carbons (Fsp3) is 0.500. The highest BCUT2D eigenvalue weighted by Crippen LogP contribution is 2.26. The van der Waals surface area contributed by atoms with E-state index < -0.39 is 14.9 Å². The van der Waals surface area contributed by atoms with E-state index in [2.05, 4.69) is 0 Å². The Balaban J connectivity index is 2.96. The minimum atomic E-state index is -3.87. The molecule has 0 aromatic heterocycles. The van der Waals surface area contributed by atoms with Gasteiger partial charge in [-0.25, -0.2) is 12.7 Å². The zero-order chi connectivity index (χ0) is 16.0. The molecular formula is C12H19N3O5S. The minimum absolute atomic E-state index is 0.0252. The second-order valence-corrected chi connectivity index (χ2v) is 6.60. The van der Waals surface area contributed by atoms with Crippen LogP contribution in [0.25, 0.3) is 0 Å². The van der Waals surface area contributed by atoms with E-state index in [0.29, 0.717) is 19.3 Å². The Bertz CT molecular complexity index is 603. The molecule has 1 aromatic rings. The molecule has 0 spiro atoms. The Morgan fingerprint density at radius 3 is 2.57 bits per heavy atom. The Labute approximate surface area is 123 Å². The molecule has 3 N–H and O–H groups in total. The second kappa shape index (κ2) is 7.34. The molecule has 0 radical (unpaired) electrons. The number of aliphatic hydroxyl groups excluding tert-OH is 1. The molecule has 1 aromatic carbocycles. The smallest absolute Gasteiger partial charge is 0.270 e. The van der Waals surface area contributed by atoms with Gasteiger partial charge in [0.2, 0.25) is 10.0 Å². The molecule has 1 rings (SSSR count). The van der Waals surface area contributed by atoms with E-state index in [0.717, 1.165) is 16.4 Å². The lowest BCUT2D eigenvalue weighted by Gasteiger charge is -2.18. The number of sulfonamides is 1.